The van der Waals surface area contributed by atoms with E-state index in [9.17, 15) is 14.7 Å². The van der Waals surface area contributed by atoms with Gasteiger partial charge in [0.05, 0.1) is 6.42 Å². The molecular weight excluding hydrogens is 324 g/mol. The number of carboxylic acid groups (broad SMARTS) is 1. The van der Waals surface area contributed by atoms with Crippen molar-refractivity contribution in [3.8, 4) is 11.5 Å². The van der Waals surface area contributed by atoms with E-state index in [1.165, 1.54) is 0 Å². The van der Waals surface area contributed by atoms with Crippen molar-refractivity contribution < 1.29 is 24.2 Å². The van der Waals surface area contributed by atoms with Gasteiger partial charge in [0.2, 0.25) is 12.7 Å². The summed E-state index contributed by atoms with van der Waals surface area (Å²) in [5.41, 5.74) is 1.74. The number of anilines is 1. The van der Waals surface area contributed by atoms with Crippen molar-refractivity contribution in [1.82, 2.24) is 4.98 Å². The van der Waals surface area contributed by atoms with Gasteiger partial charge in [-0.25, -0.2) is 4.79 Å². The third kappa shape index (κ3) is 2.76. The number of fused-ring (bicyclic) bond motifs is 2. The molecule has 2 heterocycles. The van der Waals surface area contributed by atoms with Crippen LogP contribution in [0.4, 0.5) is 5.69 Å². The highest BCUT2D eigenvalue weighted by molar-refractivity contribution is 6.02. The van der Waals surface area contributed by atoms with Crippen molar-refractivity contribution >= 4 is 28.5 Å². The van der Waals surface area contributed by atoms with Gasteiger partial charge in [-0.15, -0.1) is 0 Å². The van der Waals surface area contributed by atoms with Gasteiger partial charge in [-0.2, -0.15) is 0 Å². The van der Waals surface area contributed by atoms with E-state index in [4.69, 9.17) is 9.47 Å². The van der Waals surface area contributed by atoms with E-state index >= 15 is 0 Å². The Bertz CT molecular complexity index is 992. The molecule has 0 aliphatic carbocycles. The van der Waals surface area contributed by atoms with Crippen molar-refractivity contribution in [2.24, 2.45) is 0 Å². The Morgan fingerprint density at radius 1 is 1.12 bits per heavy atom. The second-order valence-corrected chi connectivity index (χ2v) is 5.62. The number of hydrogen-bond donors (Lipinski definition) is 3. The summed E-state index contributed by atoms with van der Waals surface area (Å²) in [7, 11) is 0. The number of carbonyl (C=O) groups excluding carboxylic acids is 1. The molecule has 7 heteroatoms. The quantitative estimate of drug-likeness (QED) is 0.679. The fraction of sp³-hybridized carbons (Fsp3) is 0.111. The molecule has 0 saturated carbocycles. The predicted molar refractivity (Wildman–Crippen MR) is 90.2 cm³/mol. The number of ether oxygens (including phenoxy) is 2. The van der Waals surface area contributed by atoms with Crippen LogP contribution in [0.3, 0.4) is 0 Å². The minimum absolute atomic E-state index is 0.0297. The van der Waals surface area contributed by atoms with E-state index in [1.54, 1.807) is 42.5 Å². The highest BCUT2D eigenvalue weighted by Gasteiger charge is 2.20. The van der Waals surface area contributed by atoms with Crippen molar-refractivity contribution in [1.29, 1.82) is 0 Å². The monoisotopic (exact) mass is 338 g/mol. The highest BCUT2D eigenvalue weighted by atomic mass is 16.7. The number of benzene rings is 2. The SMILES string of the molecule is O=C(Cc1c(C(=O)O)[nH]c2ccccc12)Nc1ccc2c(c1)OCO2. The lowest BCUT2D eigenvalue weighted by Crippen LogP contribution is -2.16. The maximum atomic E-state index is 12.4. The Balaban J connectivity index is 1.59. The summed E-state index contributed by atoms with van der Waals surface area (Å²) < 4.78 is 10.5. The molecule has 0 saturated heterocycles. The van der Waals surface area contributed by atoms with Crippen LogP contribution >= 0.6 is 0 Å². The molecule has 3 aromatic rings. The lowest BCUT2D eigenvalue weighted by atomic mass is 10.1. The largest absolute Gasteiger partial charge is 0.477 e. The number of amides is 1. The minimum atomic E-state index is -1.10. The van der Waals surface area contributed by atoms with Crippen molar-refractivity contribution in [3.05, 3.63) is 53.7 Å². The first kappa shape index (κ1) is 15.1. The van der Waals surface area contributed by atoms with E-state index in [2.05, 4.69) is 10.3 Å². The van der Waals surface area contributed by atoms with Gasteiger partial charge in [0.15, 0.2) is 11.5 Å². The van der Waals surface area contributed by atoms with E-state index in [1.807, 2.05) is 0 Å². The molecular formula is C18H14N2O5. The summed E-state index contributed by atoms with van der Waals surface area (Å²) >= 11 is 0. The minimum Gasteiger partial charge on any atom is -0.477 e. The van der Waals surface area contributed by atoms with E-state index < -0.39 is 5.97 Å². The van der Waals surface area contributed by atoms with Crippen LogP contribution < -0.4 is 14.8 Å². The van der Waals surface area contributed by atoms with E-state index in [0.717, 1.165) is 5.39 Å². The van der Waals surface area contributed by atoms with Crippen LogP contribution in [-0.4, -0.2) is 28.8 Å². The molecule has 1 aliphatic rings. The number of H-pyrrole nitrogens is 1. The van der Waals surface area contributed by atoms with Crippen LogP contribution in [0.5, 0.6) is 11.5 Å². The van der Waals surface area contributed by atoms with Crippen LogP contribution in [0.1, 0.15) is 16.1 Å². The van der Waals surface area contributed by atoms with Gasteiger partial charge >= 0.3 is 5.97 Å². The molecule has 1 aliphatic heterocycles. The first-order valence-electron chi connectivity index (χ1n) is 7.64. The van der Waals surface area contributed by atoms with Crippen LogP contribution in [0.15, 0.2) is 42.5 Å². The van der Waals surface area contributed by atoms with Gasteiger partial charge in [-0.1, -0.05) is 18.2 Å². The number of aromatic amines is 1. The summed E-state index contributed by atoms with van der Waals surface area (Å²) in [4.78, 5) is 26.7. The summed E-state index contributed by atoms with van der Waals surface area (Å²) in [5, 5.41) is 12.9. The molecule has 0 bridgehead atoms. The molecule has 1 amide bonds. The number of carboxylic acids is 1. The highest BCUT2D eigenvalue weighted by Crippen LogP contribution is 2.34. The standard InChI is InChI=1S/C18H14N2O5/c21-16(19-10-5-6-14-15(7-10)25-9-24-14)8-12-11-3-1-2-4-13(11)20-17(12)18(22)23/h1-7,20H,8-9H2,(H,19,21)(H,22,23). The second kappa shape index (κ2) is 5.86. The Labute approximate surface area is 142 Å². The number of rotatable bonds is 4. The Hall–Kier alpha value is -3.48. The third-order valence-corrected chi connectivity index (χ3v) is 4.02. The normalized spacial score (nSPS) is 12.3. The van der Waals surface area contributed by atoms with E-state index in [-0.39, 0.29) is 24.8 Å². The molecule has 3 N–H and O–H groups in total. The topological polar surface area (TPSA) is 101 Å². The average molecular weight is 338 g/mol. The smallest absolute Gasteiger partial charge is 0.352 e. The number of hydrogen-bond acceptors (Lipinski definition) is 4. The van der Waals surface area contributed by atoms with Crippen LogP contribution in [0, 0.1) is 0 Å². The molecule has 0 radical (unpaired) electrons. The summed E-state index contributed by atoms with van der Waals surface area (Å²) in [6.07, 6.45) is -0.0555. The number of carbonyl (C=O) groups is 2. The molecule has 0 spiro atoms. The van der Waals surface area contributed by atoms with Gasteiger partial charge in [0.1, 0.15) is 5.69 Å². The predicted octanol–water partition coefficient (Wildman–Crippen LogP) is 2.78. The second-order valence-electron chi connectivity index (χ2n) is 5.62. The zero-order valence-electron chi connectivity index (χ0n) is 13.0. The number of para-hydroxylation sites is 1. The Morgan fingerprint density at radius 3 is 2.76 bits per heavy atom. The fourth-order valence-electron chi connectivity index (χ4n) is 2.91. The first-order chi connectivity index (χ1) is 12.1. The van der Waals surface area contributed by atoms with Gasteiger partial charge in [-0.05, 0) is 18.2 Å². The van der Waals surface area contributed by atoms with Crippen LogP contribution in [0.25, 0.3) is 10.9 Å². The molecule has 0 unspecified atom stereocenters. The van der Waals surface area contributed by atoms with E-state index in [0.29, 0.717) is 28.3 Å². The molecule has 126 valence electrons. The molecule has 0 fully saturated rings. The van der Waals surface area contributed by atoms with Gasteiger partial charge < -0.3 is 24.9 Å². The zero-order valence-corrected chi connectivity index (χ0v) is 13.0. The lowest BCUT2D eigenvalue weighted by Gasteiger charge is -2.06. The number of aromatic carboxylic acids is 1. The fourth-order valence-corrected chi connectivity index (χ4v) is 2.91. The third-order valence-electron chi connectivity index (χ3n) is 4.02. The summed E-state index contributed by atoms with van der Waals surface area (Å²) in [6.45, 7) is 0.157. The Kier molecular flexibility index (Phi) is 3.53. The van der Waals surface area contributed by atoms with Gasteiger partial charge in [-0.3, -0.25) is 4.79 Å². The van der Waals surface area contributed by atoms with Gasteiger partial charge in [0.25, 0.3) is 0 Å². The average Bonchev–Trinajstić information content (AvgIpc) is 3.19. The molecule has 1 aromatic heterocycles. The van der Waals surface area contributed by atoms with Crippen LogP contribution in [-0.2, 0) is 11.2 Å². The molecule has 2 aromatic carbocycles. The summed E-state index contributed by atoms with van der Waals surface area (Å²) in [6, 6.07) is 12.3. The van der Waals surface area contributed by atoms with Gasteiger partial charge in [0, 0.05) is 28.2 Å². The Morgan fingerprint density at radius 2 is 1.92 bits per heavy atom. The van der Waals surface area contributed by atoms with Crippen molar-refractivity contribution in [2.75, 3.05) is 12.1 Å². The maximum Gasteiger partial charge on any atom is 0.352 e. The number of nitrogens with one attached hydrogen (secondary N) is 2. The first-order valence-corrected chi connectivity index (χ1v) is 7.64. The zero-order chi connectivity index (χ0) is 17.4. The summed E-state index contributed by atoms with van der Waals surface area (Å²) in [5.74, 6) is -0.216. The molecule has 4 rings (SSSR count). The number of aromatic nitrogens is 1. The maximum absolute atomic E-state index is 12.4. The molecule has 7 nitrogen and oxygen atoms in total. The van der Waals surface area contributed by atoms with Crippen molar-refractivity contribution in [3.63, 3.8) is 0 Å². The molecule has 25 heavy (non-hydrogen) atoms. The molecule has 0 atom stereocenters. The van der Waals surface area contributed by atoms with Crippen LogP contribution in [0.2, 0.25) is 0 Å². The van der Waals surface area contributed by atoms with Crippen molar-refractivity contribution in [2.45, 2.75) is 6.42 Å². The lowest BCUT2D eigenvalue weighted by molar-refractivity contribution is -0.115.